The minimum absolute atomic E-state index is 0.407. The SMILES string of the molecule is CN(Cc1cnn(-c2ccccc2)c1)CC1CCCO1. The number of benzene rings is 1. The molecule has 2 heterocycles. The minimum Gasteiger partial charge on any atom is -0.377 e. The molecule has 2 aromatic rings. The van der Waals surface area contributed by atoms with Crippen LogP contribution in [0.2, 0.25) is 0 Å². The van der Waals surface area contributed by atoms with E-state index < -0.39 is 0 Å². The molecule has 1 fully saturated rings. The molecule has 1 saturated heterocycles. The van der Waals surface area contributed by atoms with Gasteiger partial charge in [-0.05, 0) is 32.0 Å². The fourth-order valence-electron chi connectivity index (χ4n) is 2.68. The highest BCUT2D eigenvalue weighted by Crippen LogP contribution is 2.14. The van der Waals surface area contributed by atoms with Crippen LogP contribution in [-0.4, -0.2) is 41.0 Å². The first-order valence-electron chi connectivity index (χ1n) is 7.20. The van der Waals surface area contributed by atoms with Gasteiger partial charge in [-0.15, -0.1) is 0 Å². The van der Waals surface area contributed by atoms with Crippen molar-refractivity contribution in [2.24, 2.45) is 0 Å². The molecule has 4 heteroatoms. The zero-order chi connectivity index (χ0) is 13.8. The molecular weight excluding hydrogens is 250 g/mol. The van der Waals surface area contributed by atoms with Crippen molar-refractivity contribution < 1.29 is 4.74 Å². The molecule has 0 saturated carbocycles. The summed E-state index contributed by atoms with van der Waals surface area (Å²) in [4.78, 5) is 2.31. The number of ether oxygens (including phenoxy) is 1. The molecular formula is C16H21N3O. The summed E-state index contributed by atoms with van der Waals surface area (Å²) >= 11 is 0. The van der Waals surface area contributed by atoms with E-state index in [-0.39, 0.29) is 0 Å². The third-order valence-electron chi connectivity index (χ3n) is 3.65. The molecule has 20 heavy (non-hydrogen) atoms. The average molecular weight is 271 g/mol. The number of likely N-dealkylation sites (N-methyl/N-ethyl adjacent to an activating group) is 1. The van der Waals surface area contributed by atoms with Gasteiger partial charge in [0.1, 0.15) is 0 Å². The van der Waals surface area contributed by atoms with E-state index >= 15 is 0 Å². The van der Waals surface area contributed by atoms with E-state index in [2.05, 4.69) is 35.4 Å². The molecule has 1 aliphatic heterocycles. The first-order chi connectivity index (χ1) is 9.81. The largest absolute Gasteiger partial charge is 0.377 e. The molecule has 1 aromatic carbocycles. The molecule has 0 N–H and O–H groups in total. The predicted molar refractivity (Wildman–Crippen MR) is 78.9 cm³/mol. The molecule has 106 valence electrons. The van der Waals surface area contributed by atoms with Crippen molar-refractivity contribution in [3.05, 3.63) is 48.3 Å². The van der Waals surface area contributed by atoms with Gasteiger partial charge >= 0.3 is 0 Å². The van der Waals surface area contributed by atoms with Crippen molar-refractivity contribution in [2.45, 2.75) is 25.5 Å². The first-order valence-corrected chi connectivity index (χ1v) is 7.20. The van der Waals surface area contributed by atoms with Gasteiger partial charge in [0.25, 0.3) is 0 Å². The van der Waals surface area contributed by atoms with Crippen molar-refractivity contribution in [3.8, 4) is 5.69 Å². The van der Waals surface area contributed by atoms with Gasteiger partial charge in [0.15, 0.2) is 0 Å². The Balaban J connectivity index is 1.59. The van der Waals surface area contributed by atoms with Crippen LogP contribution in [0.1, 0.15) is 18.4 Å². The van der Waals surface area contributed by atoms with E-state index in [0.717, 1.165) is 25.4 Å². The van der Waals surface area contributed by atoms with Crippen LogP contribution in [0.4, 0.5) is 0 Å². The van der Waals surface area contributed by atoms with Gasteiger partial charge in [-0.25, -0.2) is 4.68 Å². The monoisotopic (exact) mass is 271 g/mol. The highest BCUT2D eigenvalue weighted by molar-refractivity contribution is 5.30. The Bertz CT molecular complexity index is 532. The van der Waals surface area contributed by atoms with E-state index in [1.54, 1.807) is 0 Å². The van der Waals surface area contributed by atoms with E-state index in [0.29, 0.717) is 6.10 Å². The maximum atomic E-state index is 5.67. The molecule has 1 aliphatic rings. The molecule has 1 unspecified atom stereocenters. The van der Waals surface area contributed by atoms with Crippen molar-refractivity contribution >= 4 is 0 Å². The number of hydrogen-bond acceptors (Lipinski definition) is 3. The zero-order valence-corrected chi connectivity index (χ0v) is 11.9. The standard InChI is InChI=1S/C16H21N3O/c1-18(13-16-8-5-9-20-16)11-14-10-17-19(12-14)15-6-3-2-4-7-15/h2-4,6-7,10,12,16H,5,8-9,11,13H2,1H3. The predicted octanol–water partition coefficient (Wildman–Crippen LogP) is 2.48. The van der Waals surface area contributed by atoms with Crippen LogP contribution < -0.4 is 0 Å². The Hall–Kier alpha value is -1.65. The maximum absolute atomic E-state index is 5.67. The second-order valence-corrected chi connectivity index (χ2v) is 5.46. The Morgan fingerprint density at radius 3 is 2.95 bits per heavy atom. The van der Waals surface area contributed by atoms with Gasteiger partial charge in [0, 0.05) is 31.5 Å². The fraction of sp³-hybridized carbons (Fsp3) is 0.438. The summed E-state index contributed by atoms with van der Waals surface area (Å²) in [5, 5.41) is 4.43. The molecule has 0 spiro atoms. The van der Waals surface area contributed by atoms with Crippen molar-refractivity contribution in [1.82, 2.24) is 14.7 Å². The van der Waals surface area contributed by atoms with Crippen LogP contribution in [0.3, 0.4) is 0 Å². The van der Waals surface area contributed by atoms with Gasteiger partial charge in [-0.2, -0.15) is 5.10 Å². The quantitative estimate of drug-likeness (QED) is 0.837. The zero-order valence-electron chi connectivity index (χ0n) is 11.9. The number of rotatable bonds is 5. The van der Waals surface area contributed by atoms with Crippen LogP contribution in [0.15, 0.2) is 42.7 Å². The first kappa shape index (κ1) is 13.3. The van der Waals surface area contributed by atoms with Crippen molar-refractivity contribution in [3.63, 3.8) is 0 Å². The topological polar surface area (TPSA) is 30.3 Å². The molecule has 0 amide bonds. The molecule has 1 atom stereocenters. The Kier molecular flexibility index (Phi) is 4.14. The summed E-state index contributed by atoms with van der Waals surface area (Å²) in [5.74, 6) is 0. The normalized spacial score (nSPS) is 18.8. The number of para-hydroxylation sites is 1. The summed E-state index contributed by atoms with van der Waals surface area (Å²) < 4.78 is 7.60. The Morgan fingerprint density at radius 2 is 2.20 bits per heavy atom. The summed E-state index contributed by atoms with van der Waals surface area (Å²) in [5.41, 5.74) is 2.33. The highest BCUT2D eigenvalue weighted by Gasteiger charge is 2.17. The lowest BCUT2D eigenvalue weighted by molar-refractivity contribution is 0.0793. The van der Waals surface area contributed by atoms with Gasteiger partial charge in [0.2, 0.25) is 0 Å². The summed E-state index contributed by atoms with van der Waals surface area (Å²) in [6, 6.07) is 10.2. The summed E-state index contributed by atoms with van der Waals surface area (Å²) in [6.45, 7) is 2.83. The molecule has 0 aliphatic carbocycles. The number of nitrogens with zero attached hydrogens (tertiary/aromatic N) is 3. The van der Waals surface area contributed by atoms with E-state index in [9.17, 15) is 0 Å². The maximum Gasteiger partial charge on any atom is 0.0702 e. The van der Waals surface area contributed by atoms with Crippen LogP contribution in [0.25, 0.3) is 5.69 Å². The minimum atomic E-state index is 0.407. The summed E-state index contributed by atoms with van der Waals surface area (Å²) in [7, 11) is 2.14. The summed E-state index contributed by atoms with van der Waals surface area (Å²) in [6.07, 6.45) is 6.84. The lowest BCUT2D eigenvalue weighted by Gasteiger charge is -2.19. The molecule has 3 rings (SSSR count). The lowest BCUT2D eigenvalue weighted by atomic mass is 10.2. The fourth-order valence-corrected chi connectivity index (χ4v) is 2.68. The number of aromatic nitrogens is 2. The van der Waals surface area contributed by atoms with E-state index in [1.807, 2.05) is 29.1 Å². The van der Waals surface area contributed by atoms with Crippen LogP contribution in [0, 0.1) is 0 Å². The van der Waals surface area contributed by atoms with Crippen LogP contribution in [0.5, 0.6) is 0 Å². The third kappa shape index (κ3) is 3.26. The number of hydrogen-bond donors (Lipinski definition) is 0. The smallest absolute Gasteiger partial charge is 0.0702 e. The molecule has 0 radical (unpaired) electrons. The van der Waals surface area contributed by atoms with Crippen LogP contribution in [-0.2, 0) is 11.3 Å². The second-order valence-electron chi connectivity index (χ2n) is 5.46. The van der Waals surface area contributed by atoms with Crippen molar-refractivity contribution in [2.75, 3.05) is 20.2 Å². The third-order valence-corrected chi connectivity index (χ3v) is 3.65. The Labute approximate surface area is 120 Å². The van der Waals surface area contributed by atoms with E-state index in [1.165, 1.54) is 18.4 Å². The van der Waals surface area contributed by atoms with Crippen molar-refractivity contribution in [1.29, 1.82) is 0 Å². The molecule has 0 bridgehead atoms. The van der Waals surface area contributed by atoms with Gasteiger partial charge in [-0.1, -0.05) is 18.2 Å². The Morgan fingerprint density at radius 1 is 1.35 bits per heavy atom. The average Bonchev–Trinajstić information content (AvgIpc) is 3.11. The molecule has 1 aromatic heterocycles. The van der Waals surface area contributed by atoms with Gasteiger partial charge < -0.3 is 4.74 Å². The molecule has 4 nitrogen and oxygen atoms in total. The van der Waals surface area contributed by atoms with E-state index in [4.69, 9.17) is 4.74 Å². The van der Waals surface area contributed by atoms with Gasteiger partial charge in [0.05, 0.1) is 18.0 Å². The van der Waals surface area contributed by atoms with Crippen LogP contribution >= 0.6 is 0 Å². The van der Waals surface area contributed by atoms with Gasteiger partial charge in [-0.3, -0.25) is 4.90 Å². The second kappa shape index (κ2) is 6.20. The highest BCUT2D eigenvalue weighted by atomic mass is 16.5. The lowest BCUT2D eigenvalue weighted by Crippen LogP contribution is -2.28.